The second kappa shape index (κ2) is 10.1. The molecule has 0 spiro atoms. The van der Waals surface area contributed by atoms with Crippen LogP contribution in [0, 0.1) is 5.92 Å². The number of halogens is 1. The van der Waals surface area contributed by atoms with Crippen LogP contribution in [-0.2, 0) is 26.2 Å². The molecular formula is C23H28BrN3O4S. The fourth-order valence-corrected chi connectivity index (χ4v) is 5.58. The van der Waals surface area contributed by atoms with Crippen LogP contribution in [0.25, 0.3) is 0 Å². The molecule has 9 heteroatoms. The topological polar surface area (TPSA) is 86.8 Å². The number of benzene rings is 2. The fourth-order valence-electron chi connectivity index (χ4n) is 3.77. The molecule has 1 saturated heterocycles. The van der Waals surface area contributed by atoms with Crippen molar-refractivity contribution in [1.29, 1.82) is 0 Å². The summed E-state index contributed by atoms with van der Waals surface area (Å²) < 4.78 is 28.7. The summed E-state index contributed by atoms with van der Waals surface area (Å²) in [5.41, 5.74) is 0.904. The minimum Gasteiger partial charge on any atom is -0.350 e. The zero-order chi connectivity index (χ0) is 23.5. The monoisotopic (exact) mass is 521 g/mol. The Kier molecular flexibility index (Phi) is 7.74. The molecule has 7 nitrogen and oxygen atoms in total. The van der Waals surface area contributed by atoms with Crippen molar-refractivity contribution in [3.8, 4) is 0 Å². The third kappa shape index (κ3) is 5.39. The summed E-state index contributed by atoms with van der Waals surface area (Å²) in [5, 5.41) is 2.87. The minimum atomic E-state index is -3.79. The molecule has 0 aliphatic carbocycles. The Bertz CT molecular complexity index is 1060. The van der Waals surface area contributed by atoms with Gasteiger partial charge in [-0.05, 0) is 36.8 Å². The van der Waals surface area contributed by atoms with E-state index in [-0.39, 0.29) is 42.3 Å². The van der Waals surface area contributed by atoms with Crippen LogP contribution in [0.2, 0.25) is 0 Å². The summed E-state index contributed by atoms with van der Waals surface area (Å²) in [6.45, 7) is 5.66. The number of nitrogens with one attached hydrogen (secondary N) is 1. The van der Waals surface area contributed by atoms with E-state index in [1.165, 1.54) is 16.4 Å². The van der Waals surface area contributed by atoms with Crippen molar-refractivity contribution < 1.29 is 18.0 Å². The Morgan fingerprint density at radius 1 is 1.06 bits per heavy atom. The van der Waals surface area contributed by atoms with Crippen molar-refractivity contribution in [2.75, 3.05) is 13.1 Å². The van der Waals surface area contributed by atoms with Gasteiger partial charge < -0.3 is 10.2 Å². The number of hydrogen-bond acceptors (Lipinski definition) is 4. The first-order chi connectivity index (χ1) is 15.1. The second-order valence-electron chi connectivity index (χ2n) is 8.24. The van der Waals surface area contributed by atoms with Gasteiger partial charge in [-0.1, -0.05) is 60.1 Å². The van der Waals surface area contributed by atoms with Gasteiger partial charge >= 0.3 is 0 Å². The summed E-state index contributed by atoms with van der Waals surface area (Å²) in [4.78, 5) is 27.8. The standard InChI is InChI=1S/C23H28BrN3O4S/c1-16(2)23(29)27-17(3)14-26(32(30,31)20-7-5-4-6-8-20)15-21(27)22(28)25-13-18-9-11-19(24)12-10-18/h4-12,16-17,21H,13-15H2,1-3H3,(H,25,28). The average molecular weight is 522 g/mol. The number of carbonyl (C=O) groups is 2. The fraction of sp³-hybridized carbons (Fsp3) is 0.391. The van der Waals surface area contributed by atoms with E-state index in [0.29, 0.717) is 0 Å². The van der Waals surface area contributed by atoms with Crippen LogP contribution in [-0.4, -0.2) is 54.6 Å². The summed E-state index contributed by atoms with van der Waals surface area (Å²) in [6.07, 6.45) is 0. The number of nitrogens with zero attached hydrogens (tertiary/aromatic N) is 2. The van der Waals surface area contributed by atoms with Gasteiger partial charge in [-0.15, -0.1) is 0 Å². The van der Waals surface area contributed by atoms with E-state index in [1.807, 2.05) is 24.3 Å². The molecule has 2 unspecified atom stereocenters. The van der Waals surface area contributed by atoms with E-state index in [2.05, 4.69) is 21.2 Å². The lowest BCUT2D eigenvalue weighted by atomic mass is 10.0. The zero-order valence-electron chi connectivity index (χ0n) is 18.4. The average Bonchev–Trinajstić information content (AvgIpc) is 2.78. The Morgan fingerprint density at radius 2 is 1.69 bits per heavy atom. The molecule has 2 aromatic rings. The molecule has 3 rings (SSSR count). The summed E-state index contributed by atoms with van der Waals surface area (Å²) in [7, 11) is -3.79. The van der Waals surface area contributed by atoms with E-state index >= 15 is 0 Å². The SMILES string of the molecule is CC(C)C(=O)N1C(C)CN(S(=O)(=O)c2ccccc2)CC1C(=O)NCc1ccc(Br)cc1. The number of amides is 2. The van der Waals surface area contributed by atoms with Crippen molar-refractivity contribution >= 4 is 37.8 Å². The summed E-state index contributed by atoms with van der Waals surface area (Å²) >= 11 is 3.38. The van der Waals surface area contributed by atoms with E-state index in [9.17, 15) is 18.0 Å². The van der Waals surface area contributed by atoms with Crippen LogP contribution < -0.4 is 5.32 Å². The van der Waals surface area contributed by atoms with Gasteiger partial charge in [-0.2, -0.15) is 4.31 Å². The molecular weight excluding hydrogens is 494 g/mol. The summed E-state index contributed by atoms with van der Waals surface area (Å²) in [6, 6.07) is 14.3. The Labute approximate surface area is 198 Å². The number of sulfonamides is 1. The van der Waals surface area contributed by atoms with Gasteiger partial charge in [0.15, 0.2) is 0 Å². The maximum Gasteiger partial charge on any atom is 0.244 e. The molecule has 2 atom stereocenters. The molecule has 1 aliphatic rings. The second-order valence-corrected chi connectivity index (χ2v) is 11.1. The molecule has 32 heavy (non-hydrogen) atoms. The van der Waals surface area contributed by atoms with Gasteiger partial charge in [0.25, 0.3) is 0 Å². The van der Waals surface area contributed by atoms with E-state index < -0.39 is 22.1 Å². The molecule has 1 heterocycles. The van der Waals surface area contributed by atoms with Crippen molar-refractivity contribution in [1.82, 2.24) is 14.5 Å². The highest BCUT2D eigenvalue weighted by atomic mass is 79.9. The molecule has 2 amide bonds. The highest BCUT2D eigenvalue weighted by Gasteiger charge is 2.43. The lowest BCUT2D eigenvalue weighted by molar-refractivity contribution is -0.148. The van der Waals surface area contributed by atoms with E-state index in [4.69, 9.17) is 0 Å². The lowest BCUT2D eigenvalue weighted by Crippen LogP contribution is -2.65. The Hall–Kier alpha value is -2.23. The summed E-state index contributed by atoms with van der Waals surface area (Å²) in [5.74, 6) is -0.851. The Morgan fingerprint density at radius 3 is 2.28 bits per heavy atom. The van der Waals surface area contributed by atoms with Gasteiger partial charge in [-0.25, -0.2) is 8.42 Å². The largest absolute Gasteiger partial charge is 0.350 e. The maximum atomic E-state index is 13.2. The van der Waals surface area contributed by atoms with Gasteiger partial charge in [0, 0.05) is 36.1 Å². The van der Waals surface area contributed by atoms with Crippen LogP contribution in [0.1, 0.15) is 26.3 Å². The molecule has 0 saturated carbocycles. The molecule has 1 fully saturated rings. The molecule has 2 aromatic carbocycles. The first-order valence-electron chi connectivity index (χ1n) is 10.5. The number of carbonyl (C=O) groups excluding carboxylic acids is 2. The van der Waals surface area contributed by atoms with Crippen molar-refractivity contribution in [2.24, 2.45) is 5.92 Å². The van der Waals surface area contributed by atoms with Crippen LogP contribution in [0.5, 0.6) is 0 Å². The molecule has 0 bridgehead atoms. The molecule has 1 aliphatic heterocycles. The number of hydrogen-bond donors (Lipinski definition) is 1. The first kappa shape index (κ1) is 24.4. The third-order valence-corrected chi connectivity index (χ3v) is 7.84. The van der Waals surface area contributed by atoms with Gasteiger partial charge in [0.1, 0.15) is 6.04 Å². The third-order valence-electron chi connectivity index (χ3n) is 5.47. The highest BCUT2D eigenvalue weighted by Crippen LogP contribution is 2.25. The Balaban J connectivity index is 1.85. The minimum absolute atomic E-state index is 0.0911. The van der Waals surface area contributed by atoms with Crippen molar-refractivity contribution in [3.05, 3.63) is 64.6 Å². The number of rotatable bonds is 6. The molecule has 172 valence electrons. The molecule has 0 aromatic heterocycles. The smallest absolute Gasteiger partial charge is 0.244 e. The van der Waals surface area contributed by atoms with E-state index in [0.717, 1.165) is 10.0 Å². The molecule has 0 radical (unpaired) electrons. The maximum absolute atomic E-state index is 13.2. The van der Waals surface area contributed by atoms with E-state index in [1.54, 1.807) is 43.9 Å². The van der Waals surface area contributed by atoms with Gasteiger partial charge in [0.05, 0.1) is 4.90 Å². The van der Waals surface area contributed by atoms with Crippen molar-refractivity contribution in [2.45, 2.75) is 44.3 Å². The van der Waals surface area contributed by atoms with Crippen LogP contribution in [0.4, 0.5) is 0 Å². The zero-order valence-corrected chi connectivity index (χ0v) is 20.8. The van der Waals surface area contributed by atoms with Crippen molar-refractivity contribution in [3.63, 3.8) is 0 Å². The predicted octanol–water partition coefficient (Wildman–Crippen LogP) is 3.01. The predicted molar refractivity (Wildman–Crippen MR) is 126 cm³/mol. The van der Waals surface area contributed by atoms with Gasteiger partial charge in [0.2, 0.25) is 21.8 Å². The van der Waals surface area contributed by atoms with Crippen LogP contribution in [0.3, 0.4) is 0 Å². The van der Waals surface area contributed by atoms with Crippen LogP contribution >= 0.6 is 15.9 Å². The van der Waals surface area contributed by atoms with Gasteiger partial charge in [-0.3, -0.25) is 9.59 Å². The normalized spacial score (nSPS) is 19.7. The lowest BCUT2D eigenvalue weighted by Gasteiger charge is -2.44. The highest BCUT2D eigenvalue weighted by molar-refractivity contribution is 9.10. The molecule has 1 N–H and O–H groups in total. The quantitative estimate of drug-likeness (QED) is 0.632. The first-order valence-corrected chi connectivity index (χ1v) is 12.7. The number of piperazine rings is 1. The van der Waals surface area contributed by atoms with Crippen LogP contribution in [0.15, 0.2) is 64.0 Å².